The Morgan fingerprint density at radius 2 is 2.05 bits per heavy atom. The molecule has 0 aliphatic carbocycles. The van der Waals surface area contributed by atoms with Crippen LogP contribution in [0.1, 0.15) is 32.6 Å². The number of nitrogens with one attached hydrogen (secondary N) is 3. The van der Waals surface area contributed by atoms with Crippen molar-refractivity contribution in [3.8, 4) is 0 Å². The highest BCUT2D eigenvalue weighted by atomic mass is 16.1. The summed E-state index contributed by atoms with van der Waals surface area (Å²) in [6.07, 6.45) is 1.46. The fourth-order valence-corrected chi connectivity index (χ4v) is 2.55. The second-order valence-electron chi connectivity index (χ2n) is 5.28. The lowest BCUT2D eigenvalue weighted by atomic mass is 10.1. The van der Waals surface area contributed by atoms with E-state index in [4.69, 9.17) is 0 Å². The van der Waals surface area contributed by atoms with E-state index in [9.17, 15) is 9.59 Å². The summed E-state index contributed by atoms with van der Waals surface area (Å²) in [5.41, 5.74) is 4.67. The molecular formula is C16H17N3O2. The van der Waals surface area contributed by atoms with Crippen LogP contribution in [0.2, 0.25) is 0 Å². The van der Waals surface area contributed by atoms with E-state index in [1.807, 2.05) is 6.07 Å². The fraction of sp³-hybridized carbons (Fsp3) is 0.250. The van der Waals surface area contributed by atoms with Gasteiger partial charge < -0.3 is 15.6 Å². The molecule has 5 heteroatoms. The first-order valence-electron chi connectivity index (χ1n) is 6.92. The van der Waals surface area contributed by atoms with Crippen LogP contribution in [0.25, 0.3) is 0 Å². The normalized spacial score (nSPS) is 13.0. The first-order chi connectivity index (χ1) is 10.1. The van der Waals surface area contributed by atoms with Crippen LogP contribution in [0.15, 0.2) is 35.3 Å². The largest absolute Gasteiger partial charge is 0.348 e. The summed E-state index contributed by atoms with van der Waals surface area (Å²) < 4.78 is 0. The van der Waals surface area contributed by atoms with Crippen molar-refractivity contribution in [1.29, 1.82) is 0 Å². The minimum absolute atomic E-state index is 0.178. The van der Waals surface area contributed by atoms with E-state index in [1.165, 1.54) is 23.4 Å². The SMILES string of the molecule is Cc1cc(=O)[nH]cc1C(=O)NCc1ccc2c(c1)CNC2. The number of benzene rings is 1. The third-order valence-electron chi connectivity index (χ3n) is 3.73. The fourth-order valence-electron chi connectivity index (χ4n) is 2.55. The van der Waals surface area contributed by atoms with Gasteiger partial charge in [-0.25, -0.2) is 0 Å². The zero-order chi connectivity index (χ0) is 14.8. The number of hydrogen-bond acceptors (Lipinski definition) is 3. The predicted molar refractivity (Wildman–Crippen MR) is 80.0 cm³/mol. The van der Waals surface area contributed by atoms with Crippen LogP contribution >= 0.6 is 0 Å². The van der Waals surface area contributed by atoms with E-state index in [2.05, 4.69) is 27.8 Å². The number of hydrogen-bond donors (Lipinski definition) is 3. The van der Waals surface area contributed by atoms with Gasteiger partial charge >= 0.3 is 0 Å². The van der Waals surface area contributed by atoms with Gasteiger partial charge in [0.05, 0.1) is 5.56 Å². The quantitative estimate of drug-likeness (QED) is 0.793. The summed E-state index contributed by atoms with van der Waals surface area (Å²) in [5.74, 6) is -0.178. The van der Waals surface area contributed by atoms with Crippen molar-refractivity contribution in [3.63, 3.8) is 0 Å². The van der Waals surface area contributed by atoms with Gasteiger partial charge in [-0.15, -0.1) is 0 Å². The number of carbonyl (C=O) groups excluding carboxylic acids is 1. The second kappa shape index (κ2) is 5.54. The summed E-state index contributed by atoms with van der Waals surface area (Å²) in [7, 11) is 0. The Morgan fingerprint density at radius 3 is 2.86 bits per heavy atom. The summed E-state index contributed by atoms with van der Waals surface area (Å²) in [6.45, 7) is 4.03. The molecule has 3 rings (SSSR count). The molecular weight excluding hydrogens is 266 g/mol. The Bertz CT molecular complexity index is 749. The van der Waals surface area contributed by atoms with Gasteiger partial charge in [0.2, 0.25) is 5.56 Å². The van der Waals surface area contributed by atoms with Gasteiger partial charge in [0.15, 0.2) is 0 Å². The third-order valence-corrected chi connectivity index (χ3v) is 3.73. The van der Waals surface area contributed by atoms with Crippen LogP contribution < -0.4 is 16.2 Å². The molecule has 21 heavy (non-hydrogen) atoms. The third kappa shape index (κ3) is 2.87. The van der Waals surface area contributed by atoms with E-state index in [1.54, 1.807) is 6.92 Å². The summed E-state index contributed by atoms with van der Waals surface area (Å²) in [4.78, 5) is 25.8. The van der Waals surface area contributed by atoms with Crippen LogP contribution in [0.4, 0.5) is 0 Å². The highest BCUT2D eigenvalue weighted by molar-refractivity contribution is 5.95. The highest BCUT2D eigenvalue weighted by Crippen LogP contribution is 2.17. The molecule has 0 saturated heterocycles. The minimum Gasteiger partial charge on any atom is -0.348 e. The maximum absolute atomic E-state index is 12.1. The topological polar surface area (TPSA) is 74.0 Å². The molecule has 0 fully saturated rings. The van der Waals surface area contributed by atoms with E-state index < -0.39 is 0 Å². The molecule has 1 amide bonds. The smallest absolute Gasteiger partial charge is 0.253 e. The first-order valence-corrected chi connectivity index (χ1v) is 6.92. The molecule has 3 N–H and O–H groups in total. The van der Waals surface area contributed by atoms with Gasteiger partial charge in [-0.2, -0.15) is 0 Å². The lowest BCUT2D eigenvalue weighted by Gasteiger charge is -2.08. The number of aromatic nitrogens is 1. The van der Waals surface area contributed by atoms with Gasteiger partial charge in [0, 0.05) is 31.9 Å². The Balaban J connectivity index is 1.70. The van der Waals surface area contributed by atoms with E-state index >= 15 is 0 Å². The average Bonchev–Trinajstić information content (AvgIpc) is 2.92. The molecule has 0 spiro atoms. The number of H-pyrrole nitrogens is 1. The Morgan fingerprint density at radius 1 is 1.24 bits per heavy atom. The molecule has 0 unspecified atom stereocenters. The van der Waals surface area contributed by atoms with E-state index in [0.29, 0.717) is 17.7 Å². The zero-order valence-corrected chi connectivity index (χ0v) is 11.8. The molecule has 1 aromatic carbocycles. The molecule has 0 atom stereocenters. The molecule has 5 nitrogen and oxygen atoms in total. The van der Waals surface area contributed by atoms with Crippen molar-refractivity contribution in [2.75, 3.05) is 0 Å². The zero-order valence-electron chi connectivity index (χ0n) is 11.8. The monoisotopic (exact) mass is 283 g/mol. The van der Waals surface area contributed by atoms with Crippen molar-refractivity contribution in [1.82, 2.24) is 15.6 Å². The van der Waals surface area contributed by atoms with Gasteiger partial charge in [-0.3, -0.25) is 9.59 Å². The molecule has 1 aromatic heterocycles. The lowest BCUT2D eigenvalue weighted by molar-refractivity contribution is 0.0950. The maximum Gasteiger partial charge on any atom is 0.253 e. The van der Waals surface area contributed by atoms with Gasteiger partial charge in [0.25, 0.3) is 5.91 Å². The number of aryl methyl sites for hydroxylation is 1. The van der Waals surface area contributed by atoms with Crippen LogP contribution in [-0.4, -0.2) is 10.9 Å². The van der Waals surface area contributed by atoms with Crippen molar-refractivity contribution in [2.24, 2.45) is 0 Å². The summed E-state index contributed by atoms with van der Waals surface area (Å²) in [5, 5.41) is 6.18. The number of fused-ring (bicyclic) bond motifs is 1. The van der Waals surface area contributed by atoms with Crippen molar-refractivity contribution < 1.29 is 4.79 Å². The summed E-state index contributed by atoms with van der Waals surface area (Å²) in [6, 6.07) is 7.68. The van der Waals surface area contributed by atoms with Crippen LogP contribution in [0, 0.1) is 6.92 Å². The number of pyridine rings is 1. The van der Waals surface area contributed by atoms with E-state index in [-0.39, 0.29) is 11.5 Å². The van der Waals surface area contributed by atoms with Crippen LogP contribution in [0.5, 0.6) is 0 Å². The molecule has 0 radical (unpaired) electrons. The number of aromatic amines is 1. The second-order valence-corrected chi connectivity index (χ2v) is 5.28. The minimum atomic E-state index is -0.199. The van der Waals surface area contributed by atoms with Gasteiger partial charge in [-0.1, -0.05) is 18.2 Å². The highest BCUT2D eigenvalue weighted by Gasteiger charge is 2.12. The molecule has 0 bridgehead atoms. The Hall–Kier alpha value is -2.40. The predicted octanol–water partition coefficient (Wildman–Crippen LogP) is 1.22. The van der Waals surface area contributed by atoms with Gasteiger partial charge in [-0.05, 0) is 29.2 Å². The number of carbonyl (C=O) groups is 1. The molecule has 2 aromatic rings. The van der Waals surface area contributed by atoms with Crippen LogP contribution in [-0.2, 0) is 19.6 Å². The molecule has 1 aliphatic heterocycles. The lowest BCUT2D eigenvalue weighted by Crippen LogP contribution is -2.25. The Kier molecular flexibility index (Phi) is 3.58. The maximum atomic E-state index is 12.1. The Labute approximate surface area is 122 Å². The molecule has 0 saturated carbocycles. The molecule has 1 aliphatic rings. The van der Waals surface area contributed by atoms with Crippen molar-refractivity contribution in [3.05, 3.63) is 68.6 Å². The average molecular weight is 283 g/mol. The molecule has 2 heterocycles. The van der Waals surface area contributed by atoms with E-state index in [0.717, 1.165) is 18.7 Å². The number of amides is 1. The molecule has 108 valence electrons. The standard InChI is InChI=1S/C16H17N3O2/c1-10-4-15(20)18-9-14(10)16(21)19-6-11-2-3-12-7-17-8-13(12)5-11/h2-5,9,17H,6-8H2,1H3,(H,18,20)(H,19,21). The first kappa shape index (κ1) is 13.6. The van der Waals surface area contributed by atoms with Gasteiger partial charge in [0.1, 0.15) is 0 Å². The van der Waals surface area contributed by atoms with Crippen molar-refractivity contribution >= 4 is 5.91 Å². The number of rotatable bonds is 3. The van der Waals surface area contributed by atoms with Crippen molar-refractivity contribution in [2.45, 2.75) is 26.6 Å². The van der Waals surface area contributed by atoms with Crippen LogP contribution in [0.3, 0.4) is 0 Å². The summed E-state index contributed by atoms with van der Waals surface area (Å²) >= 11 is 0.